The first kappa shape index (κ1) is 15.7. The number of unbranched alkanes of at least 4 members (excludes halogenated alkanes) is 2. The topological polar surface area (TPSA) is 52.6 Å². The van der Waals surface area contributed by atoms with Gasteiger partial charge < -0.3 is 4.74 Å². The summed E-state index contributed by atoms with van der Waals surface area (Å²) in [7, 11) is -1.65. The minimum atomic E-state index is -3.30. The third-order valence-corrected chi connectivity index (χ3v) is 3.08. The van der Waals surface area contributed by atoms with Crippen LogP contribution in [0.2, 0.25) is 0 Å². The van der Waals surface area contributed by atoms with Gasteiger partial charge in [0.2, 0.25) is 0 Å². The molecule has 0 N–H and O–H groups in total. The number of ether oxygens (including phenoxy) is 1. The Hall–Kier alpha value is -1.33. The van der Waals surface area contributed by atoms with E-state index in [4.69, 9.17) is 4.74 Å². The Bertz CT molecular complexity index is 489. The van der Waals surface area contributed by atoms with Gasteiger partial charge in [-0.15, -0.1) is 0 Å². The van der Waals surface area contributed by atoms with Crippen LogP contribution in [-0.4, -0.2) is 28.4 Å². The number of allylic oxidation sites excluding steroid dienone is 1. The van der Waals surface area contributed by atoms with E-state index < -0.39 is 10.1 Å². The van der Waals surface area contributed by atoms with Gasteiger partial charge in [-0.3, -0.25) is 4.18 Å². The first-order valence-corrected chi connectivity index (χ1v) is 7.98. The van der Waals surface area contributed by atoms with Crippen molar-refractivity contribution in [3.05, 3.63) is 35.9 Å². The lowest BCUT2D eigenvalue weighted by molar-refractivity contribution is 0.312. The van der Waals surface area contributed by atoms with Crippen molar-refractivity contribution in [3.8, 4) is 5.75 Å². The van der Waals surface area contributed by atoms with Gasteiger partial charge in [-0.25, -0.2) is 0 Å². The van der Waals surface area contributed by atoms with Gasteiger partial charge in [-0.2, -0.15) is 8.42 Å². The van der Waals surface area contributed by atoms with Crippen LogP contribution >= 0.6 is 0 Å². The maximum absolute atomic E-state index is 10.7. The minimum Gasteiger partial charge on any atom is -0.497 e. The molecule has 0 spiro atoms. The summed E-state index contributed by atoms with van der Waals surface area (Å²) in [5.74, 6) is 0.843. The SMILES string of the molecule is COc1ccc(C=CCCCCOS(C)(=O)=O)cc1. The Morgan fingerprint density at radius 2 is 1.84 bits per heavy atom. The van der Waals surface area contributed by atoms with E-state index in [1.807, 2.05) is 30.3 Å². The van der Waals surface area contributed by atoms with Crippen LogP contribution in [0.1, 0.15) is 24.8 Å². The van der Waals surface area contributed by atoms with Crippen LogP contribution in [0.3, 0.4) is 0 Å². The molecule has 0 saturated carbocycles. The molecule has 0 saturated heterocycles. The van der Waals surface area contributed by atoms with Gasteiger partial charge in [0.25, 0.3) is 10.1 Å². The average molecular weight is 284 g/mol. The molecule has 19 heavy (non-hydrogen) atoms. The van der Waals surface area contributed by atoms with Gasteiger partial charge >= 0.3 is 0 Å². The van der Waals surface area contributed by atoms with Crippen molar-refractivity contribution in [1.29, 1.82) is 0 Å². The lowest BCUT2D eigenvalue weighted by atomic mass is 10.1. The third-order valence-electron chi connectivity index (χ3n) is 2.49. The highest BCUT2D eigenvalue weighted by Crippen LogP contribution is 2.12. The molecule has 0 fully saturated rings. The second-order valence-electron chi connectivity index (χ2n) is 4.20. The molecule has 1 aromatic rings. The van der Waals surface area contributed by atoms with E-state index in [1.165, 1.54) is 0 Å². The molecule has 0 aliphatic heterocycles. The summed E-state index contributed by atoms with van der Waals surface area (Å²) in [6.45, 7) is 0.259. The second kappa shape index (κ2) is 7.96. The Balaban J connectivity index is 2.19. The van der Waals surface area contributed by atoms with Crippen LogP contribution in [0.5, 0.6) is 5.75 Å². The zero-order valence-corrected chi connectivity index (χ0v) is 12.2. The van der Waals surface area contributed by atoms with Gasteiger partial charge in [0.1, 0.15) is 5.75 Å². The van der Waals surface area contributed by atoms with E-state index in [9.17, 15) is 8.42 Å². The van der Waals surface area contributed by atoms with Crippen molar-refractivity contribution >= 4 is 16.2 Å². The molecule has 5 heteroatoms. The van der Waals surface area contributed by atoms with Crippen molar-refractivity contribution in [1.82, 2.24) is 0 Å². The van der Waals surface area contributed by atoms with Crippen molar-refractivity contribution in [2.24, 2.45) is 0 Å². The maximum Gasteiger partial charge on any atom is 0.264 e. The number of hydrogen-bond acceptors (Lipinski definition) is 4. The monoisotopic (exact) mass is 284 g/mol. The van der Waals surface area contributed by atoms with Crippen LogP contribution < -0.4 is 4.74 Å². The van der Waals surface area contributed by atoms with Crippen LogP contribution in [0, 0.1) is 0 Å². The Kier molecular flexibility index (Phi) is 6.59. The molecule has 4 nitrogen and oxygen atoms in total. The molecular formula is C14H20O4S. The predicted molar refractivity (Wildman–Crippen MR) is 76.7 cm³/mol. The van der Waals surface area contributed by atoms with Crippen LogP contribution in [0.25, 0.3) is 6.08 Å². The average Bonchev–Trinajstić information content (AvgIpc) is 2.37. The Morgan fingerprint density at radius 3 is 2.42 bits per heavy atom. The fourth-order valence-corrected chi connectivity index (χ4v) is 1.93. The van der Waals surface area contributed by atoms with E-state index in [2.05, 4.69) is 10.3 Å². The molecule has 0 heterocycles. The fourth-order valence-electron chi connectivity index (χ4n) is 1.51. The summed E-state index contributed by atoms with van der Waals surface area (Å²) < 4.78 is 31.2. The fraction of sp³-hybridized carbons (Fsp3) is 0.429. The van der Waals surface area contributed by atoms with Gasteiger partial charge in [-0.05, 0) is 37.0 Å². The molecule has 1 rings (SSSR count). The Morgan fingerprint density at radius 1 is 1.16 bits per heavy atom. The van der Waals surface area contributed by atoms with E-state index in [0.29, 0.717) is 0 Å². The van der Waals surface area contributed by atoms with Gasteiger partial charge in [0.05, 0.1) is 20.0 Å². The summed E-state index contributed by atoms with van der Waals surface area (Å²) >= 11 is 0. The summed E-state index contributed by atoms with van der Waals surface area (Å²) in [6, 6.07) is 7.81. The minimum absolute atomic E-state index is 0.259. The van der Waals surface area contributed by atoms with Crippen molar-refractivity contribution in [2.45, 2.75) is 19.3 Å². The zero-order chi connectivity index (χ0) is 14.1. The molecule has 0 bridgehead atoms. The number of benzene rings is 1. The summed E-state index contributed by atoms with van der Waals surface area (Å²) in [4.78, 5) is 0. The van der Waals surface area contributed by atoms with Gasteiger partial charge in [0.15, 0.2) is 0 Å². The van der Waals surface area contributed by atoms with E-state index >= 15 is 0 Å². The number of methoxy groups -OCH3 is 1. The molecule has 1 aromatic carbocycles. The third kappa shape index (κ3) is 7.64. The summed E-state index contributed by atoms with van der Waals surface area (Å²) in [5.41, 5.74) is 1.12. The quantitative estimate of drug-likeness (QED) is 0.544. The zero-order valence-electron chi connectivity index (χ0n) is 11.3. The lowest BCUT2D eigenvalue weighted by Gasteiger charge is -2.00. The standard InChI is InChI=1S/C14H20O4S/c1-17-14-10-8-13(9-11-14)7-5-3-4-6-12-18-19(2,15)16/h5,7-11H,3-4,6,12H2,1-2H3. The molecule has 106 valence electrons. The predicted octanol–water partition coefficient (Wildman–Crippen LogP) is 2.85. The largest absolute Gasteiger partial charge is 0.497 e. The van der Waals surface area contributed by atoms with Crippen molar-refractivity contribution in [3.63, 3.8) is 0 Å². The molecular weight excluding hydrogens is 264 g/mol. The molecule has 0 aliphatic carbocycles. The number of rotatable bonds is 8. The normalized spacial score (nSPS) is 11.9. The van der Waals surface area contributed by atoms with E-state index in [1.54, 1.807) is 7.11 Å². The van der Waals surface area contributed by atoms with E-state index in [-0.39, 0.29) is 6.61 Å². The molecule has 0 unspecified atom stereocenters. The molecule has 0 aliphatic rings. The first-order chi connectivity index (χ1) is 9.01. The second-order valence-corrected chi connectivity index (χ2v) is 5.84. The smallest absolute Gasteiger partial charge is 0.264 e. The van der Waals surface area contributed by atoms with E-state index in [0.717, 1.165) is 36.8 Å². The van der Waals surface area contributed by atoms with Crippen LogP contribution in [0.4, 0.5) is 0 Å². The first-order valence-electron chi connectivity index (χ1n) is 6.16. The molecule has 0 aromatic heterocycles. The summed E-state index contributed by atoms with van der Waals surface area (Å²) in [5, 5.41) is 0. The molecule has 0 atom stereocenters. The van der Waals surface area contributed by atoms with Crippen molar-refractivity contribution < 1.29 is 17.3 Å². The van der Waals surface area contributed by atoms with Crippen LogP contribution in [-0.2, 0) is 14.3 Å². The summed E-state index contributed by atoms with van der Waals surface area (Å²) in [6.07, 6.45) is 7.72. The maximum atomic E-state index is 10.7. The number of hydrogen-bond donors (Lipinski definition) is 0. The van der Waals surface area contributed by atoms with Gasteiger partial charge in [-0.1, -0.05) is 24.3 Å². The highest BCUT2D eigenvalue weighted by atomic mass is 32.2. The highest BCUT2D eigenvalue weighted by Gasteiger charge is 1.99. The van der Waals surface area contributed by atoms with Crippen LogP contribution in [0.15, 0.2) is 30.3 Å². The molecule has 0 amide bonds. The lowest BCUT2D eigenvalue weighted by Crippen LogP contribution is -2.03. The highest BCUT2D eigenvalue weighted by molar-refractivity contribution is 7.85. The van der Waals surface area contributed by atoms with Crippen molar-refractivity contribution in [2.75, 3.05) is 20.0 Å². The Labute approximate surface area is 115 Å². The van der Waals surface area contributed by atoms with Gasteiger partial charge in [0, 0.05) is 0 Å². The molecule has 0 radical (unpaired) electrons.